The number of hydrogen-bond donors (Lipinski definition) is 1. The van der Waals surface area contributed by atoms with Crippen molar-refractivity contribution < 1.29 is 18.8 Å². The van der Waals surface area contributed by atoms with Crippen LogP contribution in [0.3, 0.4) is 0 Å². The van der Waals surface area contributed by atoms with E-state index in [0.29, 0.717) is 42.5 Å². The van der Waals surface area contributed by atoms with E-state index in [-0.39, 0.29) is 11.8 Å². The van der Waals surface area contributed by atoms with Gasteiger partial charge in [-0.3, -0.25) is 9.69 Å². The van der Waals surface area contributed by atoms with Crippen LogP contribution in [0.5, 0.6) is 11.5 Å². The van der Waals surface area contributed by atoms with E-state index in [1.165, 1.54) is 11.1 Å². The van der Waals surface area contributed by atoms with Gasteiger partial charge in [0.25, 0.3) is 5.91 Å². The van der Waals surface area contributed by atoms with Gasteiger partial charge in [-0.15, -0.1) is 0 Å². The molecule has 41 heavy (non-hydrogen) atoms. The van der Waals surface area contributed by atoms with E-state index in [2.05, 4.69) is 74.3 Å². The molecule has 0 aliphatic carbocycles. The fraction of sp³-hybridized carbons (Fsp3) is 0.529. The van der Waals surface area contributed by atoms with E-state index in [1.807, 2.05) is 13.0 Å². The molecule has 0 spiro atoms. The third-order valence-electron chi connectivity index (χ3n) is 7.77. The minimum atomic E-state index is -0.246. The molecular formula is C34H47N3O4. The minimum absolute atomic E-state index is 0.217. The van der Waals surface area contributed by atoms with Gasteiger partial charge >= 0.3 is 0 Å². The Morgan fingerprint density at radius 2 is 1.73 bits per heavy atom. The maximum Gasteiger partial charge on any atom is 0.274 e. The Bertz CT molecular complexity index is 1310. The first kappa shape index (κ1) is 30.6. The fourth-order valence-electron chi connectivity index (χ4n) is 5.28. The Balaban J connectivity index is 1.88. The molecule has 7 nitrogen and oxygen atoms in total. The molecule has 0 fully saturated rings. The molecule has 1 aromatic heterocycles. The number of aromatic nitrogens is 1. The number of hydrogen-bond acceptors (Lipinski definition) is 6. The number of ether oxygens (including phenoxy) is 2. The van der Waals surface area contributed by atoms with Crippen LogP contribution in [0.2, 0.25) is 0 Å². The van der Waals surface area contributed by atoms with Crippen molar-refractivity contribution in [3.05, 3.63) is 52.7 Å². The van der Waals surface area contributed by atoms with Gasteiger partial charge in [-0.25, -0.2) is 0 Å². The van der Waals surface area contributed by atoms with Crippen molar-refractivity contribution >= 4 is 5.91 Å². The second-order valence-corrected chi connectivity index (χ2v) is 11.1. The summed E-state index contributed by atoms with van der Waals surface area (Å²) in [4.78, 5) is 15.7. The van der Waals surface area contributed by atoms with Gasteiger partial charge in [0, 0.05) is 25.7 Å². The Hall–Kier alpha value is -3.32. The molecule has 3 aromatic rings. The maximum atomic E-state index is 13.2. The molecule has 1 aliphatic rings. The van der Waals surface area contributed by atoms with Crippen molar-refractivity contribution in [3.63, 3.8) is 0 Å². The molecule has 1 amide bonds. The van der Waals surface area contributed by atoms with Crippen LogP contribution in [0, 0.1) is 0 Å². The monoisotopic (exact) mass is 561 g/mol. The van der Waals surface area contributed by atoms with Crippen LogP contribution >= 0.6 is 0 Å². The molecule has 0 atom stereocenters. The van der Waals surface area contributed by atoms with Crippen LogP contribution < -0.4 is 14.8 Å². The lowest BCUT2D eigenvalue weighted by Gasteiger charge is -2.27. The Morgan fingerprint density at radius 1 is 1.00 bits per heavy atom. The molecule has 0 unspecified atom stereocenters. The van der Waals surface area contributed by atoms with E-state index in [4.69, 9.17) is 14.0 Å². The number of rotatable bonds is 14. The highest BCUT2D eigenvalue weighted by Gasteiger charge is 2.29. The molecule has 0 saturated heterocycles. The second kappa shape index (κ2) is 14.5. The van der Waals surface area contributed by atoms with Crippen LogP contribution in [0.15, 0.2) is 34.9 Å². The molecular weight excluding hydrogens is 514 g/mol. The summed E-state index contributed by atoms with van der Waals surface area (Å²) in [5.41, 5.74) is 6.43. The minimum Gasteiger partial charge on any atom is -0.493 e. The smallest absolute Gasteiger partial charge is 0.274 e. The molecule has 2 aromatic carbocycles. The third-order valence-corrected chi connectivity index (χ3v) is 7.77. The SMILES string of the molecule is CCCCOc1cc(OCCCC)c(C(C)C)cc1-c1onc(C(=O)NCC)c1-c1ccc2c(c1)CCN(CC)C2. The summed E-state index contributed by atoms with van der Waals surface area (Å²) in [5.74, 6) is 2.04. The van der Waals surface area contributed by atoms with Crippen LogP contribution in [-0.4, -0.2) is 48.8 Å². The van der Waals surface area contributed by atoms with Crippen molar-refractivity contribution in [2.75, 3.05) is 32.8 Å². The third kappa shape index (κ3) is 7.13. The quantitative estimate of drug-likeness (QED) is 0.204. The van der Waals surface area contributed by atoms with Crippen molar-refractivity contribution in [1.29, 1.82) is 0 Å². The van der Waals surface area contributed by atoms with Gasteiger partial charge in [0.1, 0.15) is 11.5 Å². The van der Waals surface area contributed by atoms with Gasteiger partial charge in [0.2, 0.25) is 0 Å². The van der Waals surface area contributed by atoms with Crippen molar-refractivity contribution in [3.8, 4) is 33.9 Å². The van der Waals surface area contributed by atoms with E-state index < -0.39 is 0 Å². The molecule has 0 radical (unpaired) electrons. The summed E-state index contributed by atoms with van der Waals surface area (Å²) in [6, 6.07) is 10.6. The molecule has 222 valence electrons. The predicted molar refractivity (Wildman–Crippen MR) is 165 cm³/mol. The molecule has 4 rings (SSSR count). The average molecular weight is 562 g/mol. The standard InChI is InChI=1S/C34H47N3O4/c1-7-11-17-39-29-21-30(40-18-12-8-2)28(20-27(29)23(5)6)33-31(32(36-41-33)34(38)35-9-3)25-13-14-26-22-37(10-4)16-15-24(26)19-25/h13-14,19-21,23H,7-12,15-18,22H2,1-6H3,(H,35,38). The normalized spacial score (nSPS) is 13.3. The number of benzene rings is 2. The average Bonchev–Trinajstić information content (AvgIpc) is 3.42. The first-order chi connectivity index (χ1) is 19.9. The molecule has 0 bridgehead atoms. The first-order valence-corrected chi connectivity index (χ1v) is 15.5. The lowest BCUT2D eigenvalue weighted by atomic mass is 9.91. The zero-order valence-corrected chi connectivity index (χ0v) is 25.8. The molecule has 7 heteroatoms. The number of nitrogens with one attached hydrogen (secondary N) is 1. The number of likely N-dealkylation sites (N-methyl/N-ethyl adjacent to an activating group) is 1. The van der Waals surface area contributed by atoms with E-state index in [9.17, 15) is 4.79 Å². The van der Waals surface area contributed by atoms with Crippen molar-refractivity contribution in [2.45, 2.75) is 86.1 Å². The Labute approximate surface area is 245 Å². The van der Waals surface area contributed by atoms with E-state index >= 15 is 0 Å². The first-order valence-electron chi connectivity index (χ1n) is 15.5. The highest BCUT2D eigenvalue weighted by molar-refractivity contribution is 6.02. The van der Waals surface area contributed by atoms with Crippen LogP contribution in [0.4, 0.5) is 0 Å². The summed E-state index contributed by atoms with van der Waals surface area (Å²) in [5, 5.41) is 7.26. The lowest BCUT2D eigenvalue weighted by Crippen LogP contribution is -2.30. The largest absolute Gasteiger partial charge is 0.493 e. The zero-order chi connectivity index (χ0) is 29.4. The van der Waals surface area contributed by atoms with Gasteiger partial charge in [0.15, 0.2) is 11.5 Å². The molecule has 0 saturated carbocycles. The Kier molecular flexibility index (Phi) is 10.9. The number of carbonyl (C=O) groups is 1. The van der Waals surface area contributed by atoms with Gasteiger partial charge in [-0.05, 0) is 67.0 Å². The number of carbonyl (C=O) groups excluding carboxylic acids is 1. The zero-order valence-electron chi connectivity index (χ0n) is 25.8. The Morgan fingerprint density at radius 3 is 2.39 bits per heavy atom. The van der Waals surface area contributed by atoms with Gasteiger partial charge in [0.05, 0.1) is 24.3 Å². The van der Waals surface area contributed by atoms with Crippen molar-refractivity contribution in [2.24, 2.45) is 0 Å². The molecule has 2 heterocycles. The fourth-order valence-corrected chi connectivity index (χ4v) is 5.28. The number of fused-ring (bicyclic) bond motifs is 1. The topological polar surface area (TPSA) is 76.8 Å². The van der Waals surface area contributed by atoms with Crippen LogP contribution in [0.1, 0.15) is 100 Å². The number of amides is 1. The predicted octanol–water partition coefficient (Wildman–Crippen LogP) is 7.62. The van der Waals surface area contributed by atoms with E-state index in [0.717, 1.165) is 74.2 Å². The van der Waals surface area contributed by atoms with Gasteiger partial charge < -0.3 is 19.3 Å². The van der Waals surface area contributed by atoms with Gasteiger partial charge in [-0.1, -0.05) is 70.8 Å². The summed E-state index contributed by atoms with van der Waals surface area (Å²) >= 11 is 0. The lowest BCUT2D eigenvalue weighted by molar-refractivity contribution is 0.0947. The summed E-state index contributed by atoms with van der Waals surface area (Å²) in [6.45, 7) is 17.5. The van der Waals surface area contributed by atoms with Crippen molar-refractivity contribution in [1.82, 2.24) is 15.4 Å². The number of nitrogens with zero attached hydrogens (tertiary/aromatic N) is 2. The highest BCUT2D eigenvalue weighted by atomic mass is 16.5. The second-order valence-electron chi connectivity index (χ2n) is 11.1. The summed E-state index contributed by atoms with van der Waals surface area (Å²) in [7, 11) is 0. The molecule has 1 N–H and O–H groups in total. The number of unbranched alkanes of at least 4 members (excludes halogenated alkanes) is 2. The van der Waals surface area contributed by atoms with Crippen LogP contribution in [-0.2, 0) is 13.0 Å². The molecule has 1 aliphatic heterocycles. The summed E-state index contributed by atoms with van der Waals surface area (Å²) in [6.07, 6.45) is 4.99. The van der Waals surface area contributed by atoms with Crippen LogP contribution in [0.25, 0.3) is 22.5 Å². The van der Waals surface area contributed by atoms with Gasteiger partial charge in [-0.2, -0.15) is 0 Å². The van der Waals surface area contributed by atoms with E-state index in [1.54, 1.807) is 0 Å². The maximum absolute atomic E-state index is 13.2. The highest BCUT2D eigenvalue weighted by Crippen LogP contribution is 2.44. The summed E-state index contributed by atoms with van der Waals surface area (Å²) < 4.78 is 18.7.